The Balaban J connectivity index is 1.70. The number of nitrogens with zero attached hydrogens (tertiary/aromatic N) is 2. The summed E-state index contributed by atoms with van der Waals surface area (Å²) >= 11 is 0. The Morgan fingerprint density at radius 2 is 1.86 bits per heavy atom. The third-order valence-electron chi connectivity index (χ3n) is 7.67. The quantitative estimate of drug-likeness (QED) is 0.452. The van der Waals surface area contributed by atoms with E-state index >= 15 is 0 Å². The van der Waals surface area contributed by atoms with Gasteiger partial charge in [0, 0.05) is 31.3 Å². The van der Waals surface area contributed by atoms with Crippen LogP contribution in [0.15, 0.2) is 24.3 Å². The molecule has 9 heteroatoms. The highest BCUT2D eigenvalue weighted by Gasteiger charge is 2.41. The molecule has 2 N–H and O–H groups in total. The normalized spacial score (nSPS) is 17.1. The van der Waals surface area contributed by atoms with Crippen LogP contribution in [0.2, 0.25) is 0 Å². The number of rotatable bonds is 7. The summed E-state index contributed by atoms with van der Waals surface area (Å²) in [6, 6.07) is 7.23. The minimum absolute atomic E-state index is 0.123. The van der Waals surface area contributed by atoms with Crippen LogP contribution >= 0.6 is 0 Å². The number of anilines is 1. The Morgan fingerprint density at radius 1 is 1.17 bits per heavy atom. The summed E-state index contributed by atoms with van der Waals surface area (Å²) in [5, 5.41) is 21.6. The van der Waals surface area contributed by atoms with E-state index in [9.17, 15) is 19.7 Å². The van der Waals surface area contributed by atoms with E-state index in [1.165, 1.54) is 18.2 Å². The number of ether oxygens (including phenoxy) is 1. The fraction of sp³-hybridized carbons (Fsp3) is 0.556. The van der Waals surface area contributed by atoms with Gasteiger partial charge in [0.2, 0.25) is 0 Å². The number of hydrogen-bond donors (Lipinski definition) is 2. The van der Waals surface area contributed by atoms with Gasteiger partial charge in [-0.2, -0.15) is 0 Å². The van der Waals surface area contributed by atoms with E-state index in [0.717, 1.165) is 12.8 Å². The summed E-state index contributed by atoms with van der Waals surface area (Å²) < 4.78 is 13.3. The number of esters is 1. The van der Waals surface area contributed by atoms with Gasteiger partial charge in [-0.05, 0) is 69.1 Å². The van der Waals surface area contributed by atoms with Gasteiger partial charge in [-0.1, -0.05) is 26.0 Å². The van der Waals surface area contributed by atoms with Crippen LogP contribution in [0.1, 0.15) is 75.8 Å². The lowest BCUT2D eigenvalue weighted by Crippen LogP contribution is -2.53. The van der Waals surface area contributed by atoms with Crippen LogP contribution in [0.4, 0.5) is 5.69 Å². The minimum atomic E-state index is -1.41. The van der Waals surface area contributed by atoms with Crippen molar-refractivity contribution >= 4 is 30.1 Å². The first kappa shape index (κ1) is 26.4. The Hall–Kier alpha value is -2.62. The van der Waals surface area contributed by atoms with Gasteiger partial charge in [-0.15, -0.1) is 0 Å². The van der Waals surface area contributed by atoms with Crippen LogP contribution in [0, 0.1) is 5.41 Å². The molecule has 8 nitrogen and oxygen atoms in total. The maximum atomic E-state index is 13.7. The Bertz CT molecular complexity index is 1190. The van der Waals surface area contributed by atoms with E-state index in [1.54, 1.807) is 50.8 Å². The van der Waals surface area contributed by atoms with Gasteiger partial charge in [0.25, 0.3) is 5.91 Å². The summed E-state index contributed by atoms with van der Waals surface area (Å²) in [5.74, 6) is -0.595. The van der Waals surface area contributed by atoms with Gasteiger partial charge in [-0.3, -0.25) is 9.59 Å². The van der Waals surface area contributed by atoms with Gasteiger partial charge < -0.3 is 29.0 Å². The van der Waals surface area contributed by atoms with Crippen molar-refractivity contribution in [1.29, 1.82) is 0 Å². The monoisotopic (exact) mass is 496 g/mol. The first-order chi connectivity index (χ1) is 16.6. The van der Waals surface area contributed by atoms with Crippen LogP contribution in [0.3, 0.4) is 0 Å². The molecule has 4 rings (SSSR count). The fourth-order valence-corrected chi connectivity index (χ4v) is 5.03. The highest BCUT2D eigenvalue weighted by atomic mass is 16.6. The molecular formula is C27H37BN2O6. The zero-order chi connectivity index (χ0) is 26.6. The predicted molar refractivity (Wildman–Crippen MR) is 138 cm³/mol. The highest BCUT2D eigenvalue weighted by Crippen LogP contribution is 2.39. The zero-order valence-corrected chi connectivity index (χ0v) is 22.3. The summed E-state index contributed by atoms with van der Waals surface area (Å²) in [5.41, 5.74) is 2.46. The maximum absolute atomic E-state index is 13.7. The predicted octanol–water partition coefficient (Wildman–Crippen LogP) is 2.59. The molecule has 0 fully saturated rings. The SMILES string of the molecule is CC(=O)OCc1c(B(O)OC(C)(C)C(C)(C)O)cccc1N1CCn2c(cc3c2CC(C)(C)C3)C1=O. The van der Waals surface area contributed by atoms with Crippen molar-refractivity contribution in [1.82, 2.24) is 4.57 Å². The van der Waals surface area contributed by atoms with Crippen LogP contribution in [-0.2, 0) is 40.2 Å². The smallest absolute Gasteiger partial charge is 0.461 e. The average Bonchev–Trinajstić information content (AvgIpc) is 3.23. The number of carbonyl (C=O) groups excluding carboxylic acids is 2. The van der Waals surface area contributed by atoms with E-state index in [2.05, 4.69) is 18.4 Å². The van der Waals surface area contributed by atoms with Crippen molar-refractivity contribution in [3.8, 4) is 0 Å². The number of benzene rings is 1. The second-order valence-corrected chi connectivity index (χ2v) is 11.8. The summed E-state index contributed by atoms with van der Waals surface area (Å²) in [4.78, 5) is 27.0. The van der Waals surface area contributed by atoms with E-state index in [0.29, 0.717) is 35.5 Å². The Labute approximate surface area is 213 Å². The molecule has 0 saturated heterocycles. The molecule has 2 heterocycles. The second kappa shape index (κ2) is 9.05. The number of aromatic nitrogens is 1. The van der Waals surface area contributed by atoms with Crippen molar-refractivity contribution < 1.29 is 29.1 Å². The fourth-order valence-electron chi connectivity index (χ4n) is 5.03. The van der Waals surface area contributed by atoms with E-state index in [-0.39, 0.29) is 17.9 Å². The van der Waals surface area contributed by atoms with Gasteiger partial charge in [0.15, 0.2) is 0 Å². The van der Waals surface area contributed by atoms with Crippen molar-refractivity contribution in [3.63, 3.8) is 0 Å². The number of hydrogen-bond acceptors (Lipinski definition) is 6. The van der Waals surface area contributed by atoms with Gasteiger partial charge in [-0.25, -0.2) is 0 Å². The van der Waals surface area contributed by atoms with Crippen LogP contribution in [-0.4, -0.2) is 51.4 Å². The molecule has 0 bridgehead atoms. The average molecular weight is 496 g/mol. The molecule has 36 heavy (non-hydrogen) atoms. The Morgan fingerprint density at radius 3 is 2.50 bits per heavy atom. The molecule has 2 aliphatic rings. The van der Waals surface area contributed by atoms with Gasteiger partial charge >= 0.3 is 13.1 Å². The molecule has 2 aromatic rings. The number of amides is 1. The molecule has 1 aliphatic carbocycles. The number of aliphatic hydroxyl groups is 1. The summed E-state index contributed by atoms with van der Waals surface area (Å²) in [6.45, 7) is 13.4. The largest absolute Gasteiger partial charge is 0.492 e. The first-order valence-electron chi connectivity index (χ1n) is 12.5. The second-order valence-electron chi connectivity index (χ2n) is 11.8. The third kappa shape index (κ3) is 4.84. The molecule has 194 valence electrons. The molecular weight excluding hydrogens is 459 g/mol. The summed E-state index contributed by atoms with van der Waals surface area (Å²) in [6.07, 6.45) is 1.90. The standard InChI is InChI=1S/C27H37BN2O6/c1-17(31)35-16-19-20(28(34)36-27(6,7)26(4,5)33)9-8-10-21(19)30-12-11-29-22(24(30)32)13-18-14-25(2,3)15-23(18)29/h8-10,13,33-34H,11-12,14-16H2,1-7H3. The zero-order valence-electron chi connectivity index (χ0n) is 22.3. The van der Waals surface area contributed by atoms with Crippen molar-refractivity contribution in [2.24, 2.45) is 5.41 Å². The molecule has 1 aromatic heterocycles. The first-order valence-corrected chi connectivity index (χ1v) is 12.5. The summed E-state index contributed by atoms with van der Waals surface area (Å²) in [7, 11) is -1.41. The molecule has 1 amide bonds. The lowest BCUT2D eigenvalue weighted by atomic mass is 9.73. The van der Waals surface area contributed by atoms with Crippen molar-refractivity contribution in [2.75, 3.05) is 11.4 Å². The van der Waals surface area contributed by atoms with Gasteiger partial charge in [0.1, 0.15) is 12.3 Å². The number of fused-ring (bicyclic) bond motifs is 3. The molecule has 0 radical (unpaired) electrons. The molecule has 0 spiro atoms. The van der Waals surface area contributed by atoms with E-state index < -0.39 is 24.3 Å². The van der Waals surface area contributed by atoms with Crippen molar-refractivity contribution in [2.45, 2.75) is 85.7 Å². The maximum Gasteiger partial charge on any atom is 0.492 e. The van der Waals surface area contributed by atoms with E-state index in [4.69, 9.17) is 9.39 Å². The number of carbonyl (C=O) groups is 2. The topological polar surface area (TPSA) is 101 Å². The lowest BCUT2D eigenvalue weighted by Gasteiger charge is -2.39. The van der Waals surface area contributed by atoms with Crippen LogP contribution in [0.25, 0.3) is 0 Å². The van der Waals surface area contributed by atoms with E-state index in [1.807, 2.05) is 6.07 Å². The van der Waals surface area contributed by atoms with Crippen molar-refractivity contribution in [3.05, 3.63) is 46.8 Å². The molecule has 1 aromatic carbocycles. The molecule has 1 aliphatic heterocycles. The van der Waals surface area contributed by atoms with Crippen LogP contribution < -0.4 is 10.4 Å². The molecule has 0 saturated carbocycles. The highest BCUT2D eigenvalue weighted by molar-refractivity contribution is 6.61. The molecule has 0 unspecified atom stereocenters. The molecule has 0 atom stereocenters. The third-order valence-corrected chi connectivity index (χ3v) is 7.67. The van der Waals surface area contributed by atoms with Gasteiger partial charge in [0.05, 0.1) is 16.9 Å². The van der Waals surface area contributed by atoms with Crippen LogP contribution in [0.5, 0.6) is 0 Å². The minimum Gasteiger partial charge on any atom is -0.461 e. The lowest BCUT2D eigenvalue weighted by molar-refractivity contribution is -0.142. The Kier molecular flexibility index (Phi) is 6.65.